The second kappa shape index (κ2) is 6.98. The lowest BCUT2D eigenvalue weighted by molar-refractivity contribution is -0.137. The molecule has 0 aromatic heterocycles. The smallest absolute Gasteiger partial charge is 0.329 e. The van der Waals surface area contributed by atoms with E-state index in [9.17, 15) is 9.59 Å². The average molecular weight is 281 g/mol. The first-order chi connectivity index (χ1) is 9.53. The van der Waals surface area contributed by atoms with E-state index < -0.39 is 11.8 Å². The van der Waals surface area contributed by atoms with Gasteiger partial charge >= 0.3 is 11.8 Å². The maximum Gasteiger partial charge on any atom is 0.329 e. The Bertz CT molecular complexity index is 542. The number of hydrogen-bond donors (Lipinski definition) is 2. The first kappa shape index (κ1) is 15.3. The van der Waals surface area contributed by atoms with Crippen molar-refractivity contribution in [1.82, 2.24) is 5.43 Å². The Morgan fingerprint density at radius 1 is 1.10 bits per heavy atom. The molecule has 0 saturated carbocycles. The molecule has 0 bridgehead atoms. The molecular formula is C12H15N3O5. The van der Waals surface area contributed by atoms with Crippen molar-refractivity contribution in [2.24, 2.45) is 10.8 Å². The van der Waals surface area contributed by atoms with E-state index in [1.54, 1.807) is 12.1 Å². The van der Waals surface area contributed by atoms with Crippen molar-refractivity contribution in [3.8, 4) is 17.2 Å². The fourth-order valence-corrected chi connectivity index (χ4v) is 1.37. The molecule has 0 aliphatic rings. The number of benzene rings is 1. The molecule has 8 nitrogen and oxygen atoms in total. The van der Waals surface area contributed by atoms with E-state index >= 15 is 0 Å². The summed E-state index contributed by atoms with van der Waals surface area (Å²) in [6.07, 6.45) is 1.29. The van der Waals surface area contributed by atoms with Crippen LogP contribution in [0.2, 0.25) is 0 Å². The van der Waals surface area contributed by atoms with Crippen molar-refractivity contribution in [2.45, 2.75) is 0 Å². The predicted octanol–water partition coefficient (Wildman–Crippen LogP) is -0.352. The van der Waals surface area contributed by atoms with Gasteiger partial charge in [-0.05, 0) is 6.07 Å². The van der Waals surface area contributed by atoms with Gasteiger partial charge in [0.1, 0.15) is 5.75 Å². The van der Waals surface area contributed by atoms with Gasteiger partial charge in [-0.2, -0.15) is 5.10 Å². The number of hydrogen-bond acceptors (Lipinski definition) is 6. The van der Waals surface area contributed by atoms with E-state index in [-0.39, 0.29) is 0 Å². The van der Waals surface area contributed by atoms with Crippen LogP contribution in [0.5, 0.6) is 17.2 Å². The first-order valence-electron chi connectivity index (χ1n) is 5.46. The highest BCUT2D eigenvalue weighted by Crippen LogP contribution is 2.33. The summed E-state index contributed by atoms with van der Waals surface area (Å²) < 4.78 is 15.4. The molecule has 1 aromatic carbocycles. The normalized spacial score (nSPS) is 10.2. The third-order valence-corrected chi connectivity index (χ3v) is 2.33. The topological polar surface area (TPSA) is 112 Å². The zero-order chi connectivity index (χ0) is 15.1. The minimum Gasteiger partial charge on any atom is -0.496 e. The fourth-order valence-electron chi connectivity index (χ4n) is 1.37. The van der Waals surface area contributed by atoms with Crippen LogP contribution in [0.15, 0.2) is 17.2 Å². The van der Waals surface area contributed by atoms with Crippen LogP contribution in [0, 0.1) is 0 Å². The molecule has 0 aliphatic heterocycles. The van der Waals surface area contributed by atoms with Gasteiger partial charge in [0.15, 0.2) is 11.5 Å². The largest absolute Gasteiger partial charge is 0.496 e. The van der Waals surface area contributed by atoms with Gasteiger partial charge in [-0.15, -0.1) is 0 Å². The summed E-state index contributed by atoms with van der Waals surface area (Å²) in [5.74, 6) is -0.722. The van der Waals surface area contributed by atoms with Crippen LogP contribution in [0.25, 0.3) is 0 Å². The average Bonchev–Trinajstić information content (AvgIpc) is 2.46. The lowest BCUT2D eigenvalue weighted by atomic mass is 10.2. The summed E-state index contributed by atoms with van der Waals surface area (Å²) in [4.78, 5) is 21.5. The molecule has 0 unspecified atom stereocenters. The van der Waals surface area contributed by atoms with Crippen LogP contribution in [-0.2, 0) is 9.59 Å². The van der Waals surface area contributed by atoms with E-state index in [2.05, 4.69) is 5.10 Å². The number of carbonyl (C=O) groups excluding carboxylic acids is 2. The summed E-state index contributed by atoms with van der Waals surface area (Å²) in [6.45, 7) is 0. The molecule has 108 valence electrons. The summed E-state index contributed by atoms with van der Waals surface area (Å²) >= 11 is 0. The number of nitrogens with one attached hydrogen (secondary N) is 1. The van der Waals surface area contributed by atoms with Crippen LogP contribution >= 0.6 is 0 Å². The third-order valence-electron chi connectivity index (χ3n) is 2.33. The summed E-state index contributed by atoms with van der Waals surface area (Å²) in [6, 6.07) is 3.22. The molecule has 1 rings (SSSR count). The number of nitrogens with zero attached hydrogens (tertiary/aromatic N) is 1. The Kier molecular flexibility index (Phi) is 5.33. The number of ether oxygens (including phenoxy) is 3. The van der Waals surface area contributed by atoms with Crippen molar-refractivity contribution < 1.29 is 23.8 Å². The number of amides is 2. The number of hydrazone groups is 1. The fraction of sp³-hybridized carbons (Fsp3) is 0.250. The molecule has 0 spiro atoms. The summed E-state index contributed by atoms with van der Waals surface area (Å²) in [5, 5.41) is 3.60. The zero-order valence-corrected chi connectivity index (χ0v) is 11.3. The minimum atomic E-state index is -1.12. The Balaban J connectivity index is 3.01. The quantitative estimate of drug-likeness (QED) is 0.435. The van der Waals surface area contributed by atoms with Crippen molar-refractivity contribution in [1.29, 1.82) is 0 Å². The Hall–Kier alpha value is -2.77. The van der Waals surface area contributed by atoms with Crippen LogP contribution in [0.4, 0.5) is 0 Å². The molecule has 1 aromatic rings. The molecule has 20 heavy (non-hydrogen) atoms. The van der Waals surface area contributed by atoms with Gasteiger partial charge in [-0.3, -0.25) is 9.59 Å². The minimum absolute atomic E-state index is 0.458. The van der Waals surface area contributed by atoms with Gasteiger partial charge in [-0.1, -0.05) is 0 Å². The highest BCUT2D eigenvalue weighted by Gasteiger charge is 2.11. The van der Waals surface area contributed by atoms with Crippen molar-refractivity contribution >= 4 is 18.0 Å². The molecule has 0 aliphatic carbocycles. The van der Waals surface area contributed by atoms with Crippen LogP contribution in [-0.4, -0.2) is 39.4 Å². The Morgan fingerprint density at radius 3 is 2.15 bits per heavy atom. The maximum absolute atomic E-state index is 10.9. The van der Waals surface area contributed by atoms with E-state index in [0.29, 0.717) is 22.8 Å². The van der Waals surface area contributed by atoms with Gasteiger partial charge in [0.05, 0.1) is 27.5 Å². The number of primary amides is 1. The van der Waals surface area contributed by atoms with Crippen LogP contribution in [0.1, 0.15) is 5.56 Å². The predicted molar refractivity (Wildman–Crippen MR) is 71.0 cm³/mol. The standard InChI is InChI=1S/C12H15N3O5/c1-18-8-5-10(20-3)9(19-2)4-7(8)6-14-15-12(17)11(13)16/h4-6H,1-3H3,(H2,13,16)(H,15,17). The molecule has 0 radical (unpaired) electrons. The molecule has 8 heteroatoms. The van der Waals surface area contributed by atoms with E-state index in [0.717, 1.165) is 0 Å². The molecule has 3 N–H and O–H groups in total. The van der Waals surface area contributed by atoms with Crippen molar-refractivity contribution in [3.63, 3.8) is 0 Å². The lowest BCUT2D eigenvalue weighted by Gasteiger charge is -2.11. The molecular weight excluding hydrogens is 266 g/mol. The monoisotopic (exact) mass is 281 g/mol. The number of carbonyl (C=O) groups is 2. The van der Waals surface area contributed by atoms with Gasteiger partial charge in [0.2, 0.25) is 0 Å². The van der Waals surface area contributed by atoms with Crippen LogP contribution < -0.4 is 25.4 Å². The van der Waals surface area contributed by atoms with E-state index in [4.69, 9.17) is 19.9 Å². The van der Waals surface area contributed by atoms with Crippen LogP contribution in [0.3, 0.4) is 0 Å². The van der Waals surface area contributed by atoms with E-state index in [1.807, 2.05) is 5.43 Å². The SMILES string of the molecule is COc1cc(OC)c(OC)cc1C=NNC(=O)C(N)=O. The molecule has 0 heterocycles. The second-order valence-electron chi connectivity index (χ2n) is 3.51. The van der Waals surface area contributed by atoms with E-state index in [1.165, 1.54) is 27.5 Å². The van der Waals surface area contributed by atoms with Crippen molar-refractivity contribution in [2.75, 3.05) is 21.3 Å². The highest BCUT2D eigenvalue weighted by atomic mass is 16.5. The number of nitrogens with two attached hydrogens (primary N) is 1. The van der Waals surface area contributed by atoms with Gasteiger partial charge in [0, 0.05) is 11.6 Å². The second-order valence-corrected chi connectivity index (χ2v) is 3.51. The number of rotatable bonds is 5. The highest BCUT2D eigenvalue weighted by molar-refractivity contribution is 6.34. The third kappa shape index (κ3) is 3.61. The lowest BCUT2D eigenvalue weighted by Crippen LogP contribution is -2.32. The Labute approximate surface area is 115 Å². The molecule has 0 atom stereocenters. The van der Waals surface area contributed by atoms with Gasteiger partial charge in [0.25, 0.3) is 0 Å². The number of methoxy groups -OCH3 is 3. The molecule has 0 fully saturated rings. The summed E-state index contributed by atoms with van der Waals surface area (Å²) in [5.41, 5.74) is 7.27. The van der Waals surface area contributed by atoms with Crippen molar-refractivity contribution in [3.05, 3.63) is 17.7 Å². The Morgan fingerprint density at radius 2 is 1.65 bits per heavy atom. The van der Waals surface area contributed by atoms with Gasteiger partial charge in [-0.25, -0.2) is 5.43 Å². The maximum atomic E-state index is 10.9. The zero-order valence-electron chi connectivity index (χ0n) is 11.3. The molecule has 0 saturated heterocycles. The summed E-state index contributed by atoms with van der Waals surface area (Å²) in [7, 11) is 4.46. The molecule has 2 amide bonds. The van der Waals surface area contributed by atoms with Gasteiger partial charge < -0.3 is 19.9 Å². The first-order valence-corrected chi connectivity index (χ1v) is 5.46.